The zero-order valence-corrected chi connectivity index (χ0v) is 19.2. The first-order valence-electron chi connectivity index (χ1n) is 11.3. The number of likely N-dealkylation sites (N-methyl/N-ethyl adjacent to an activating group) is 1. The van der Waals surface area contributed by atoms with E-state index in [1.807, 2.05) is 60.4 Å². The van der Waals surface area contributed by atoms with Gasteiger partial charge in [0.25, 0.3) is 0 Å². The third-order valence-electron chi connectivity index (χ3n) is 6.59. The average Bonchev–Trinajstić information content (AvgIpc) is 3.44. The summed E-state index contributed by atoms with van der Waals surface area (Å²) in [5.74, 6) is -1.20. The number of methoxy groups -OCH3 is 1. The molecular formula is C26H30N2O5. The zero-order valence-electron chi connectivity index (χ0n) is 19.2. The maximum atomic E-state index is 13.0. The Balaban J connectivity index is 1.76. The number of carboxylic acid groups (broad SMARTS) is 1. The van der Waals surface area contributed by atoms with E-state index >= 15 is 0 Å². The Morgan fingerprint density at radius 1 is 1.18 bits per heavy atom. The molecule has 4 rings (SSSR count). The van der Waals surface area contributed by atoms with E-state index in [1.54, 1.807) is 25.3 Å². The minimum Gasteiger partial charge on any atom is -0.497 e. The quantitative estimate of drug-likeness (QED) is 0.555. The lowest BCUT2D eigenvalue weighted by Gasteiger charge is -2.28. The number of carbonyl (C=O) groups is 2. The average molecular weight is 451 g/mol. The van der Waals surface area contributed by atoms with Crippen molar-refractivity contribution in [3.63, 3.8) is 0 Å². The van der Waals surface area contributed by atoms with Crippen molar-refractivity contribution in [2.24, 2.45) is 5.92 Å². The number of hydrogen-bond donors (Lipinski definition) is 1. The van der Waals surface area contributed by atoms with Gasteiger partial charge in [0.1, 0.15) is 11.3 Å². The van der Waals surface area contributed by atoms with Crippen molar-refractivity contribution in [2.45, 2.75) is 25.3 Å². The number of benzene rings is 2. The van der Waals surface area contributed by atoms with Gasteiger partial charge >= 0.3 is 5.97 Å². The van der Waals surface area contributed by atoms with Gasteiger partial charge in [-0.15, -0.1) is 0 Å². The molecule has 0 saturated carbocycles. The normalized spacial score (nSPS) is 20.8. The van der Waals surface area contributed by atoms with Crippen molar-refractivity contribution in [1.82, 2.24) is 9.80 Å². The van der Waals surface area contributed by atoms with Gasteiger partial charge in [-0.1, -0.05) is 31.2 Å². The number of amides is 1. The first-order valence-corrected chi connectivity index (χ1v) is 11.3. The lowest BCUT2D eigenvalue weighted by molar-refractivity contribution is -0.143. The number of nitrogens with zero attached hydrogens (tertiary/aromatic N) is 2. The van der Waals surface area contributed by atoms with E-state index in [2.05, 4.69) is 0 Å². The summed E-state index contributed by atoms with van der Waals surface area (Å²) < 4.78 is 10.8. The highest BCUT2D eigenvalue weighted by Crippen LogP contribution is 2.47. The number of furan rings is 1. The van der Waals surface area contributed by atoms with Crippen LogP contribution in [0.15, 0.2) is 59.2 Å². The molecule has 33 heavy (non-hydrogen) atoms. The second kappa shape index (κ2) is 9.67. The standard InChI is InChI=1S/C26H30N2O5/c1-4-13-27(2)23(29)16-28-15-21(19-6-5-7-22-20(19)12-14-33-22)24(26(30)31)25(28)17-8-10-18(32-3)11-9-17/h5-12,14,21,24-25H,4,13,15-16H2,1-3H3,(H,30,31). The molecule has 0 bridgehead atoms. The fraction of sp³-hybridized carbons (Fsp3) is 0.385. The fourth-order valence-corrected chi connectivity index (χ4v) is 5.00. The van der Waals surface area contributed by atoms with Crippen LogP contribution in [0.25, 0.3) is 11.0 Å². The number of aliphatic carboxylic acids is 1. The Labute approximate surface area is 193 Å². The number of ether oxygens (including phenoxy) is 1. The van der Waals surface area contributed by atoms with Crippen LogP contribution < -0.4 is 4.74 Å². The molecule has 3 aromatic rings. The van der Waals surface area contributed by atoms with E-state index in [0.717, 1.165) is 28.5 Å². The largest absolute Gasteiger partial charge is 0.497 e. The first kappa shape index (κ1) is 22.9. The summed E-state index contributed by atoms with van der Waals surface area (Å²) in [6.45, 7) is 3.32. The van der Waals surface area contributed by atoms with Crippen molar-refractivity contribution in [3.8, 4) is 5.75 Å². The molecule has 3 atom stereocenters. The summed E-state index contributed by atoms with van der Waals surface area (Å²) in [5, 5.41) is 11.3. The van der Waals surface area contributed by atoms with Gasteiger partial charge in [-0.2, -0.15) is 0 Å². The molecule has 7 nitrogen and oxygen atoms in total. The van der Waals surface area contributed by atoms with Crippen LogP contribution in [0.1, 0.15) is 36.4 Å². The fourth-order valence-electron chi connectivity index (χ4n) is 5.00. The van der Waals surface area contributed by atoms with Crippen molar-refractivity contribution in [3.05, 3.63) is 65.9 Å². The molecule has 1 N–H and O–H groups in total. The highest BCUT2D eigenvalue weighted by Gasteiger charge is 2.48. The zero-order chi connectivity index (χ0) is 23.5. The Morgan fingerprint density at radius 2 is 1.94 bits per heavy atom. The minimum absolute atomic E-state index is 0.0123. The number of fused-ring (bicyclic) bond motifs is 1. The Hall–Kier alpha value is -3.32. The molecule has 0 aliphatic carbocycles. The van der Waals surface area contributed by atoms with Gasteiger partial charge in [-0.3, -0.25) is 14.5 Å². The smallest absolute Gasteiger partial charge is 0.309 e. The van der Waals surface area contributed by atoms with Crippen LogP contribution in [0.5, 0.6) is 5.75 Å². The molecule has 3 unspecified atom stereocenters. The molecule has 1 fully saturated rings. The number of likely N-dealkylation sites (tertiary alicyclic amines) is 1. The van der Waals surface area contributed by atoms with Crippen molar-refractivity contribution in [1.29, 1.82) is 0 Å². The highest BCUT2D eigenvalue weighted by molar-refractivity contribution is 5.84. The van der Waals surface area contributed by atoms with Crippen LogP contribution >= 0.6 is 0 Å². The van der Waals surface area contributed by atoms with E-state index in [1.165, 1.54) is 0 Å². The second-order valence-corrected chi connectivity index (χ2v) is 8.61. The molecule has 1 aliphatic heterocycles. The van der Waals surface area contributed by atoms with Gasteiger partial charge < -0.3 is 19.2 Å². The van der Waals surface area contributed by atoms with Crippen LogP contribution in [0.2, 0.25) is 0 Å². The number of hydrogen-bond acceptors (Lipinski definition) is 5. The highest BCUT2D eigenvalue weighted by atomic mass is 16.5. The van der Waals surface area contributed by atoms with Crippen LogP contribution in [-0.2, 0) is 9.59 Å². The third kappa shape index (κ3) is 4.46. The molecule has 2 heterocycles. The molecule has 7 heteroatoms. The van der Waals surface area contributed by atoms with Gasteiger partial charge in [0.2, 0.25) is 5.91 Å². The maximum Gasteiger partial charge on any atom is 0.309 e. The van der Waals surface area contributed by atoms with E-state index in [4.69, 9.17) is 9.15 Å². The van der Waals surface area contributed by atoms with Crippen molar-refractivity contribution < 1.29 is 23.8 Å². The molecule has 1 aromatic heterocycles. The topological polar surface area (TPSA) is 83.2 Å². The van der Waals surface area contributed by atoms with Crippen molar-refractivity contribution >= 4 is 22.8 Å². The minimum atomic E-state index is -0.877. The van der Waals surface area contributed by atoms with Crippen molar-refractivity contribution in [2.75, 3.05) is 33.8 Å². The van der Waals surface area contributed by atoms with Crippen LogP contribution in [0, 0.1) is 5.92 Å². The second-order valence-electron chi connectivity index (χ2n) is 8.61. The monoisotopic (exact) mass is 450 g/mol. The molecular weight excluding hydrogens is 420 g/mol. The van der Waals surface area contributed by atoms with Gasteiger partial charge in [-0.05, 0) is 41.8 Å². The van der Waals surface area contributed by atoms with Crippen LogP contribution in [0.4, 0.5) is 0 Å². The summed E-state index contributed by atoms with van der Waals surface area (Å²) in [6.07, 6.45) is 2.49. The molecule has 2 aromatic carbocycles. The Bertz CT molecular complexity index is 1120. The Kier molecular flexibility index (Phi) is 6.70. The lowest BCUT2D eigenvalue weighted by Crippen LogP contribution is -2.39. The molecule has 1 aliphatic rings. The van der Waals surface area contributed by atoms with E-state index in [9.17, 15) is 14.7 Å². The number of rotatable bonds is 8. The van der Waals surface area contributed by atoms with E-state index < -0.39 is 17.9 Å². The number of carbonyl (C=O) groups excluding carboxylic acids is 1. The van der Waals surface area contributed by atoms with E-state index in [-0.39, 0.29) is 18.4 Å². The first-order chi connectivity index (χ1) is 15.9. The summed E-state index contributed by atoms with van der Waals surface area (Å²) >= 11 is 0. The van der Waals surface area contributed by atoms with Crippen LogP contribution in [0.3, 0.4) is 0 Å². The molecule has 1 amide bonds. The third-order valence-corrected chi connectivity index (χ3v) is 6.59. The lowest BCUT2D eigenvalue weighted by atomic mass is 9.82. The maximum absolute atomic E-state index is 13.0. The summed E-state index contributed by atoms with van der Waals surface area (Å²) in [4.78, 5) is 29.3. The molecule has 1 saturated heterocycles. The predicted molar refractivity (Wildman–Crippen MR) is 125 cm³/mol. The van der Waals surface area contributed by atoms with E-state index in [0.29, 0.717) is 18.8 Å². The van der Waals surface area contributed by atoms with Crippen LogP contribution in [-0.4, -0.2) is 60.6 Å². The molecule has 0 radical (unpaired) electrons. The van der Waals surface area contributed by atoms with Gasteiger partial charge in [-0.25, -0.2) is 0 Å². The summed E-state index contributed by atoms with van der Waals surface area (Å²) in [6, 6.07) is 14.6. The number of carboxylic acids is 1. The molecule has 0 spiro atoms. The van der Waals surface area contributed by atoms with Gasteiger partial charge in [0, 0.05) is 37.5 Å². The molecule has 174 valence electrons. The summed E-state index contributed by atoms with van der Waals surface area (Å²) in [7, 11) is 3.39. The van der Waals surface area contributed by atoms with Gasteiger partial charge in [0.05, 0.1) is 25.8 Å². The predicted octanol–water partition coefficient (Wildman–Crippen LogP) is 4.15. The van der Waals surface area contributed by atoms with Gasteiger partial charge in [0.15, 0.2) is 0 Å². The SMILES string of the molecule is CCCN(C)C(=O)CN1CC(c2cccc3occc23)C(C(=O)O)C1c1ccc(OC)cc1. The Morgan fingerprint density at radius 3 is 2.61 bits per heavy atom. The summed E-state index contributed by atoms with van der Waals surface area (Å²) in [5.41, 5.74) is 2.52.